The van der Waals surface area contributed by atoms with Gasteiger partial charge in [-0.25, -0.2) is 13.4 Å². The molecule has 0 saturated carbocycles. The van der Waals surface area contributed by atoms with Crippen molar-refractivity contribution in [2.45, 2.75) is 24.2 Å². The van der Waals surface area contributed by atoms with Gasteiger partial charge in [0.15, 0.2) is 9.84 Å². The highest BCUT2D eigenvalue weighted by Gasteiger charge is 2.19. The second kappa shape index (κ2) is 6.06. The molecule has 0 amide bonds. The van der Waals surface area contributed by atoms with Gasteiger partial charge in [-0.3, -0.25) is 0 Å². The van der Waals surface area contributed by atoms with E-state index in [0.717, 1.165) is 41.5 Å². The summed E-state index contributed by atoms with van der Waals surface area (Å²) < 4.78 is 36.3. The molecule has 0 atom stereocenters. The van der Waals surface area contributed by atoms with Gasteiger partial charge >= 0.3 is 0 Å². The van der Waals surface area contributed by atoms with Crippen LogP contribution in [-0.4, -0.2) is 19.7 Å². The number of allylic oxidation sites excluding steroid dienone is 2. The average Bonchev–Trinajstić information content (AvgIpc) is 2.99. The van der Waals surface area contributed by atoms with Crippen molar-refractivity contribution in [1.29, 1.82) is 0 Å². The predicted molar refractivity (Wildman–Crippen MR) is 89.4 cm³/mol. The van der Waals surface area contributed by atoms with E-state index in [4.69, 9.17) is 11.6 Å². The summed E-state index contributed by atoms with van der Waals surface area (Å²) in [7, 11) is -3.20. The molecule has 2 aromatic rings. The van der Waals surface area contributed by atoms with Crippen LogP contribution in [0.5, 0.6) is 0 Å². The van der Waals surface area contributed by atoms with Gasteiger partial charge in [0.2, 0.25) is 5.95 Å². The van der Waals surface area contributed by atoms with Gasteiger partial charge < -0.3 is 0 Å². The molecule has 0 bridgehead atoms. The third-order valence-electron chi connectivity index (χ3n) is 3.99. The van der Waals surface area contributed by atoms with E-state index in [1.54, 1.807) is 18.2 Å². The number of rotatable bonds is 3. The second-order valence-corrected chi connectivity index (χ2v) is 8.03. The van der Waals surface area contributed by atoms with Crippen molar-refractivity contribution in [1.82, 2.24) is 4.98 Å². The van der Waals surface area contributed by atoms with E-state index < -0.39 is 15.8 Å². The molecule has 23 heavy (non-hydrogen) atoms. The van der Waals surface area contributed by atoms with Crippen LogP contribution < -0.4 is 0 Å². The topological polar surface area (TPSA) is 47.0 Å². The molecule has 0 fully saturated rings. The molecule has 0 saturated heterocycles. The monoisotopic (exact) mass is 351 g/mol. The normalized spacial score (nSPS) is 15.3. The minimum absolute atomic E-state index is 0.00803. The SMILES string of the molecule is CS(=O)(=O)c1ccc(C2=C(c3cnc(F)c(Cl)c3)CCC2)cc1. The zero-order valence-electron chi connectivity index (χ0n) is 12.5. The number of pyridine rings is 1. The van der Waals surface area contributed by atoms with Crippen LogP contribution >= 0.6 is 11.6 Å². The van der Waals surface area contributed by atoms with Crippen molar-refractivity contribution in [3.8, 4) is 0 Å². The predicted octanol–water partition coefficient (Wildman–Crippen LogP) is 4.37. The lowest BCUT2D eigenvalue weighted by Gasteiger charge is -2.09. The Bertz CT molecular complexity index is 889. The van der Waals surface area contributed by atoms with Gasteiger partial charge in [0.25, 0.3) is 0 Å². The molecule has 1 aliphatic rings. The summed E-state index contributed by atoms with van der Waals surface area (Å²) in [6, 6.07) is 8.45. The maximum atomic E-state index is 13.2. The van der Waals surface area contributed by atoms with E-state index >= 15 is 0 Å². The largest absolute Gasteiger partial charge is 0.231 e. The van der Waals surface area contributed by atoms with Gasteiger partial charge in [-0.05, 0) is 59.7 Å². The lowest BCUT2D eigenvalue weighted by Crippen LogP contribution is -1.97. The average molecular weight is 352 g/mol. The summed E-state index contributed by atoms with van der Waals surface area (Å²) in [6.07, 6.45) is 5.43. The molecule has 0 aliphatic heterocycles. The number of sulfone groups is 1. The molecule has 0 unspecified atom stereocenters. The van der Waals surface area contributed by atoms with Crippen LogP contribution in [0, 0.1) is 5.95 Å². The summed E-state index contributed by atoms with van der Waals surface area (Å²) in [6.45, 7) is 0. The van der Waals surface area contributed by atoms with Gasteiger partial charge in [0.05, 0.1) is 9.92 Å². The van der Waals surface area contributed by atoms with Gasteiger partial charge in [0.1, 0.15) is 0 Å². The highest BCUT2D eigenvalue weighted by atomic mass is 35.5. The van der Waals surface area contributed by atoms with Crippen LogP contribution in [0.3, 0.4) is 0 Å². The van der Waals surface area contributed by atoms with E-state index in [1.807, 2.05) is 12.1 Å². The molecule has 1 aromatic heterocycles. The first kappa shape index (κ1) is 16.1. The molecule has 3 nitrogen and oxygen atoms in total. The maximum absolute atomic E-state index is 13.2. The smallest absolute Gasteiger partial charge is 0.226 e. The van der Waals surface area contributed by atoms with E-state index in [9.17, 15) is 12.8 Å². The van der Waals surface area contributed by atoms with E-state index in [1.165, 1.54) is 12.5 Å². The lowest BCUT2D eigenvalue weighted by molar-refractivity contribution is 0.584. The second-order valence-electron chi connectivity index (χ2n) is 5.60. The van der Waals surface area contributed by atoms with Crippen molar-refractivity contribution in [3.63, 3.8) is 0 Å². The van der Waals surface area contributed by atoms with Crippen LogP contribution in [0.1, 0.15) is 30.4 Å². The van der Waals surface area contributed by atoms with Crippen LogP contribution in [0.25, 0.3) is 11.1 Å². The molecule has 3 rings (SSSR count). The van der Waals surface area contributed by atoms with Gasteiger partial charge in [-0.15, -0.1) is 0 Å². The number of hydrogen-bond donors (Lipinski definition) is 0. The summed E-state index contributed by atoms with van der Waals surface area (Å²) in [4.78, 5) is 3.98. The fourth-order valence-electron chi connectivity index (χ4n) is 2.87. The molecule has 0 radical (unpaired) electrons. The zero-order valence-corrected chi connectivity index (χ0v) is 14.1. The van der Waals surface area contributed by atoms with Gasteiger partial charge in [0, 0.05) is 12.5 Å². The Morgan fingerprint density at radius 2 is 1.70 bits per heavy atom. The number of hydrogen-bond acceptors (Lipinski definition) is 3. The summed E-state index contributed by atoms with van der Waals surface area (Å²) >= 11 is 5.83. The molecule has 1 aliphatic carbocycles. The number of nitrogens with zero attached hydrogens (tertiary/aromatic N) is 1. The number of benzene rings is 1. The Labute approximate surface area is 139 Å². The van der Waals surface area contributed by atoms with Crippen molar-refractivity contribution in [3.05, 3.63) is 58.6 Å². The number of halogens is 2. The molecule has 1 aromatic carbocycles. The first-order chi connectivity index (χ1) is 10.9. The first-order valence-corrected chi connectivity index (χ1v) is 9.47. The fraction of sp³-hybridized carbons (Fsp3) is 0.235. The third kappa shape index (κ3) is 3.31. The van der Waals surface area contributed by atoms with Crippen molar-refractivity contribution in [2.24, 2.45) is 0 Å². The zero-order chi connectivity index (χ0) is 16.6. The third-order valence-corrected chi connectivity index (χ3v) is 5.39. The quantitative estimate of drug-likeness (QED) is 0.771. The summed E-state index contributed by atoms with van der Waals surface area (Å²) in [5.74, 6) is -0.673. The molecular weight excluding hydrogens is 337 g/mol. The summed E-state index contributed by atoms with van der Waals surface area (Å²) in [5, 5.41) is 0.00803. The Hall–Kier alpha value is -1.72. The summed E-state index contributed by atoms with van der Waals surface area (Å²) in [5.41, 5.74) is 4.02. The van der Waals surface area contributed by atoms with Gasteiger partial charge in [-0.2, -0.15) is 4.39 Å². The minimum Gasteiger partial charge on any atom is -0.226 e. The fourth-order valence-corrected chi connectivity index (χ4v) is 3.67. The molecule has 0 spiro atoms. The highest BCUT2D eigenvalue weighted by Crippen LogP contribution is 2.40. The molecule has 6 heteroatoms. The van der Waals surface area contributed by atoms with Crippen molar-refractivity contribution < 1.29 is 12.8 Å². The van der Waals surface area contributed by atoms with Crippen LogP contribution in [-0.2, 0) is 9.84 Å². The standard InChI is InChI=1S/C17H15ClFNO2S/c1-23(21,22)13-7-5-11(6-8-13)14-3-2-4-15(14)12-9-16(18)17(19)20-10-12/h5-10H,2-4H2,1H3. The first-order valence-electron chi connectivity index (χ1n) is 7.20. The van der Waals surface area contributed by atoms with Crippen molar-refractivity contribution in [2.75, 3.05) is 6.26 Å². The van der Waals surface area contributed by atoms with E-state index in [0.29, 0.717) is 4.90 Å². The highest BCUT2D eigenvalue weighted by molar-refractivity contribution is 7.90. The van der Waals surface area contributed by atoms with Crippen molar-refractivity contribution >= 4 is 32.6 Å². The maximum Gasteiger partial charge on any atom is 0.231 e. The molecule has 120 valence electrons. The Morgan fingerprint density at radius 1 is 1.09 bits per heavy atom. The number of aromatic nitrogens is 1. The van der Waals surface area contributed by atoms with E-state index in [-0.39, 0.29) is 5.02 Å². The Balaban J connectivity index is 2.04. The molecular formula is C17H15ClFNO2S. The molecule has 0 N–H and O–H groups in total. The lowest BCUT2D eigenvalue weighted by atomic mass is 9.98. The van der Waals surface area contributed by atoms with E-state index in [2.05, 4.69) is 4.98 Å². The molecule has 1 heterocycles. The Kier molecular flexibility index (Phi) is 4.25. The minimum atomic E-state index is -3.20. The van der Waals surface area contributed by atoms with Crippen LogP contribution in [0.4, 0.5) is 4.39 Å². The van der Waals surface area contributed by atoms with Crippen LogP contribution in [0.2, 0.25) is 5.02 Å². The Morgan fingerprint density at radius 3 is 2.26 bits per heavy atom. The van der Waals surface area contributed by atoms with Crippen LogP contribution in [0.15, 0.2) is 41.4 Å². The van der Waals surface area contributed by atoms with Gasteiger partial charge in [-0.1, -0.05) is 23.7 Å².